The van der Waals surface area contributed by atoms with Gasteiger partial charge in [-0.1, -0.05) is 42.5 Å². The highest BCUT2D eigenvalue weighted by Gasteiger charge is 2.23. The second kappa shape index (κ2) is 8.71. The first-order valence-corrected chi connectivity index (χ1v) is 11.8. The van der Waals surface area contributed by atoms with Gasteiger partial charge in [0, 0.05) is 10.4 Å². The molecule has 5 rings (SSSR count). The molecule has 0 unspecified atom stereocenters. The van der Waals surface area contributed by atoms with Crippen LogP contribution in [-0.2, 0) is 24.1 Å². The molecule has 6 heteroatoms. The van der Waals surface area contributed by atoms with Crippen LogP contribution in [0, 0.1) is 0 Å². The monoisotopic (exact) mass is 444 g/mol. The summed E-state index contributed by atoms with van der Waals surface area (Å²) in [5.74, 6) is 0.300. The molecule has 1 aliphatic carbocycles. The lowest BCUT2D eigenvalue weighted by molar-refractivity contribution is 0.0526. The molecule has 0 atom stereocenters. The maximum Gasteiger partial charge on any atom is 0.338 e. The summed E-state index contributed by atoms with van der Waals surface area (Å²) in [7, 11) is 0. The number of benzene rings is 2. The Balaban J connectivity index is 1.67. The summed E-state index contributed by atoms with van der Waals surface area (Å²) in [6.07, 6.45) is 4.24. The number of carbonyl (C=O) groups is 1. The Morgan fingerprint density at radius 2 is 1.91 bits per heavy atom. The molecular weight excluding hydrogens is 420 g/mol. The number of thiophene rings is 1. The largest absolute Gasteiger partial charge is 0.462 e. The van der Waals surface area contributed by atoms with Gasteiger partial charge in [0.25, 0.3) is 5.56 Å². The highest BCUT2D eigenvalue weighted by atomic mass is 32.1. The lowest BCUT2D eigenvalue weighted by Crippen LogP contribution is -2.24. The minimum atomic E-state index is -0.356. The van der Waals surface area contributed by atoms with Crippen molar-refractivity contribution in [2.45, 2.75) is 39.2 Å². The number of hydrogen-bond acceptors (Lipinski definition) is 5. The van der Waals surface area contributed by atoms with Crippen LogP contribution in [0.25, 0.3) is 21.6 Å². The van der Waals surface area contributed by atoms with Crippen LogP contribution in [0.4, 0.5) is 0 Å². The average molecular weight is 445 g/mol. The van der Waals surface area contributed by atoms with Crippen molar-refractivity contribution in [3.8, 4) is 11.4 Å². The summed E-state index contributed by atoms with van der Waals surface area (Å²) in [6.45, 7) is 2.45. The van der Waals surface area contributed by atoms with Crippen LogP contribution in [0.5, 0.6) is 0 Å². The van der Waals surface area contributed by atoms with Crippen LogP contribution in [-0.4, -0.2) is 22.1 Å². The summed E-state index contributed by atoms with van der Waals surface area (Å²) < 4.78 is 6.89. The molecular formula is C26H24N2O3S. The molecule has 0 radical (unpaired) electrons. The van der Waals surface area contributed by atoms with E-state index in [9.17, 15) is 9.59 Å². The van der Waals surface area contributed by atoms with Crippen molar-refractivity contribution in [1.29, 1.82) is 0 Å². The van der Waals surface area contributed by atoms with E-state index < -0.39 is 0 Å². The Labute approximate surface area is 190 Å². The molecule has 0 saturated heterocycles. The highest BCUT2D eigenvalue weighted by Crippen LogP contribution is 2.35. The standard InChI is InChI=1S/C26H24N2O3S/c1-2-31-26(30)19-12-8-9-17(15-19)16-28-23(18-10-4-3-5-11-18)27-24-22(25(28)29)20-13-6-7-14-21(20)32-24/h3-5,8-12,15H,2,6-7,13-14,16H2,1H3. The molecule has 32 heavy (non-hydrogen) atoms. The second-order valence-corrected chi connectivity index (χ2v) is 9.09. The van der Waals surface area contributed by atoms with Gasteiger partial charge in [-0.15, -0.1) is 11.3 Å². The molecule has 162 valence electrons. The van der Waals surface area contributed by atoms with Gasteiger partial charge < -0.3 is 4.74 Å². The van der Waals surface area contributed by atoms with Crippen LogP contribution in [0.3, 0.4) is 0 Å². The topological polar surface area (TPSA) is 61.2 Å². The van der Waals surface area contributed by atoms with Gasteiger partial charge in [-0.25, -0.2) is 9.78 Å². The lowest BCUT2D eigenvalue weighted by atomic mass is 9.97. The van der Waals surface area contributed by atoms with Crippen molar-refractivity contribution in [3.63, 3.8) is 0 Å². The Kier molecular flexibility index (Phi) is 5.62. The minimum absolute atomic E-state index is 0.00482. The summed E-state index contributed by atoms with van der Waals surface area (Å²) in [5, 5.41) is 0.769. The molecule has 5 nitrogen and oxygen atoms in total. The number of nitrogens with zero attached hydrogens (tertiary/aromatic N) is 2. The maximum atomic E-state index is 13.8. The first-order valence-electron chi connectivity index (χ1n) is 11.0. The van der Waals surface area contributed by atoms with Crippen molar-refractivity contribution in [2.24, 2.45) is 0 Å². The summed E-state index contributed by atoms with van der Waals surface area (Å²) >= 11 is 1.66. The Hall–Kier alpha value is -3.25. The van der Waals surface area contributed by atoms with Crippen LogP contribution < -0.4 is 5.56 Å². The maximum absolute atomic E-state index is 13.8. The fourth-order valence-electron chi connectivity index (χ4n) is 4.39. The van der Waals surface area contributed by atoms with Gasteiger partial charge in [0.2, 0.25) is 0 Å². The lowest BCUT2D eigenvalue weighted by Gasteiger charge is -2.14. The smallest absolute Gasteiger partial charge is 0.338 e. The van der Waals surface area contributed by atoms with E-state index in [0.29, 0.717) is 24.5 Å². The molecule has 4 aromatic rings. The predicted octanol–water partition coefficient (Wildman–Crippen LogP) is 5.23. The van der Waals surface area contributed by atoms with Crippen LogP contribution in [0.15, 0.2) is 59.4 Å². The summed E-state index contributed by atoms with van der Waals surface area (Å²) in [4.78, 5) is 33.1. The zero-order valence-corrected chi connectivity index (χ0v) is 18.8. The molecule has 2 heterocycles. The summed E-state index contributed by atoms with van der Waals surface area (Å²) in [6, 6.07) is 17.1. The van der Waals surface area contributed by atoms with Gasteiger partial charge in [-0.2, -0.15) is 0 Å². The van der Waals surface area contributed by atoms with Gasteiger partial charge in [-0.3, -0.25) is 9.36 Å². The van der Waals surface area contributed by atoms with E-state index in [-0.39, 0.29) is 11.5 Å². The van der Waals surface area contributed by atoms with Crippen LogP contribution in [0.1, 0.15) is 46.1 Å². The predicted molar refractivity (Wildman–Crippen MR) is 127 cm³/mol. The molecule has 0 amide bonds. The van der Waals surface area contributed by atoms with Gasteiger partial charge >= 0.3 is 5.97 Å². The number of rotatable bonds is 5. The third-order valence-corrected chi connectivity index (χ3v) is 7.07. The molecule has 1 aliphatic rings. The quantitative estimate of drug-likeness (QED) is 0.396. The van der Waals surface area contributed by atoms with Gasteiger partial charge in [0.15, 0.2) is 0 Å². The zero-order chi connectivity index (χ0) is 22.1. The number of aryl methyl sites for hydroxylation is 2. The first kappa shape index (κ1) is 20.6. The number of ether oxygens (including phenoxy) is 1. The number of aromatic nitrogens is 2. The number of esters is 1. The van der Waals surface area contributed by atoms with E-state index in [4.69, 9.17) is 9.72 Å². The molecule has 0 N–H and O–H groups in total. The zero-order valence-electron chi connectivity index (χ0n) is 18.0. The average Bonchev–Trinajstić information content (AvgIpc) is 3.20. The van der Waals surface area contributed by atoms with E-state index in [1.807, 2.05) is 42.5 Å². The van der Waals surface area contributed by atoms with Crippen molar-refractivity contribution in [3.05, 3.63) is 86.5 Å². The SMILES string of the molecule is CCOC(=O)c1cccc(Cn2c(-c3ccccc3)nc3sc4c(c3c2=O)CCCC4)c1. The van der Waals surface area contributed by atoms with E-state index in [2.05, 4.69) is 0 Å². The van der Waals surface area contributed by atoms with E-state index in [0.717, 1.165) is 40.6 Å². The number of hydrogen-bond donors (Lipinski definition) is 0. The Bertz CT molecular complexity index is 1360. The van der Waals surface area contributed by atoms with E-state index in [1.54, 1.807) is 35.0 Å². The van der Waals surface area contributed by atoms with Crippen molar-refractivity contribution in [2.75, 3.05) is 6.61 Å². The van der Waals surface area contributed by atoms with Crippen molar-refractivity contribution in [1.82, 2.24) is 9.55 Å². The number of carbonyl (C=O) groups excluding carboxylic acids is 1. The fraction of sp³-hybridized carbons (Fsp3) is 0.269. The van der Waals surface area contributed by atoms with Crippen molar-refractivity contribution >= 4 is 27.5 Å². The molecule has 2 aromatic carbocycles. The fourth-order valence-corrected chi connectivity index (χ4v) is 5.64. The molecule has 0 fully saturated rings. The van der Waals surface area contributed by atoms with Gasteiger partial charge in [-0.05, 0) is 55.9 Å². The Morgan fingerprint density at radius 1 is 1.09 bits per heavy atom. The van der Waals surface area contributed by atoms with Crippen LogP contribution >= 0.6 is 11.3 Å². The van der Waals surface area contributed by atoms with Crippen molar-refractivity contribution < 1.29 is 9.53 Å². The third kappa shape index (κ3) is 3.75. The highest BCUT2D eigenvalue weighted by molar-refractivity contribution is 7.18. The van der Waals surface area contributed by atoms with Gasteiger partial charge in [0.1, 0.15) is 10.7 Å². The normalized spacial score (nSPS) is 13.2. The molecule has 0 spiro atoms. The van der Waals surface area contributed by atoms with E-state index >= 15 is 0 Å². The molecule has 0 aliphatic heterocycles. The minimum Gasteiger partial charge on any atom is -0.462 e. The van der Waals surface area contributed by atoms with E-state index in [1.165, 1.54) is 16.9 Å². The van der Waals surface area contributed by atoms with Gasteiger partial charge in [0.05, 0.1) is 24.1 Å². The first-order chi connectivity index (χ1) is 15.7. The second-order valence-electron chi connectivity index (χ2n) is 8.00. The molecule has 0 saturated carbocycles. The third-order valence-electron chi connectivity index (χ3n) is 5.89. The Morgan fingerprint density at radius 3 is 2.72 bits per heavy atom. The molecule has 2 aromatic heterocycles. The number of fused-ring (bicyclic) bond motifs is 3. The summed E-state index contributed by atoms with van der Waals surface area (Å²) in [5.41, 5.74) is 3.43. The van der Waals surface area contributed by atoms with Crippen LogP contribution in [0.2, 0.25) is 0 Å². The molecule has 0 bridgehead atoms.